The number of pyridine rings is 1. The first kappa shape index (κ1) is 13.9. The molecule has 0 saturated carbocycles. The van der Waals surface area contributed by atoms with E-state index in [0.29, 0.717) is 5.88 Å². The van der Waals surface area contributed by atoms with Gasteiger partial charge < -0.3 is 5.32 Å². The molecule has 2 nitrogen and oxygen atoms in total. The fraction of sp³-hybridized carbons (Fsp3) is 0.583. The van der Waals surface area contributed by atoms with Crippen molar-refractivity contribution >= 4 is 27.5 Å². The topological polar surface area (TPSA) is 24.9 Å². The van der Waals surface area contributed by atoms with E-state index in [1.54, 1.807) is 0 Å². The highest BCUT2D eigenvalue weighted by Crippen LogP contribution is 2.19. The van der Waals surface area contributed by atoms with Crippen molar-refractivity contribution in [3.05, 3.63) is 28.5 Å². The Morgan fingerprint density at radius 3 is 2.75 bits per heavy atom. The number of aromatic nitrogens is 1. The van der Waals surface area contributed by atoms with Crippen LogP contribution in [0.2, 0.25) is 0 Å². The quantitative estimate of drug-likeness (QED) is 0.813. The van der Waals surface area contributed by atoms with Crippen molar-refractivity contribution in [1.82, 2.24) is 10.3 Å². The summed E-state index contributed by atoms with van der Waals surface area (Å²) in [4.78, 5) is 4.31. The Balaban J connectivity index is 2.32. The maximum Gasteiger partial charge on any atom is 0.0542 e. The number of nitrogens with one attached hydrogen (secondary N) is 1. The van der Waals surface area contributed by atoms with E-state index in [9.17, 15) is 0 Å². The van der Waals surface area contributed by atoms with E-state index >= 15 is 0 Å². The zero-order valence-corrected chi connectivity index (χ0v) is 12.1. The molecule has 0 fully saturated rings. The molecule has 0 spiro atoms. The third-order valence-corrected chi connectivity index (χ3v) is 3.13. The SMILES string of the molecule is CC(C)(CCCl)CNCc1ccc(Br)cn1. The van der Waals surface area contributed by atoms with Crippen molar-refractivity contribution in [3.63, 3.8) is 0 Å². The Hall–Kier alpha value is -0.120. The van der Waals surface area contributed by atoms with E-state index in [-0.39, 0.29) is 5.41 Å². The van der Waals surface area contributed by atoms with Gasteiger partial charge in [-0.25, -0.2) is 0 Å². The van der Waals surface area contributed by atoms with E-state index in [1.165, 1.54) is 0 Å². The van der Waals surface area contributed by atoms with Gasteiger partial charge in [-0.15, -0.1) is 11.6 Å². The monoisotopic (exact) mass is 304 g/mol. The maximum atomic E-state index is 5.75. The molecule has 0 aliphatic heterocycles. The van der Waals surface area contributed by atoms with E-state index in [1.807, 2.05) is 18.3 Å². The molecule has 0 bridgehead atoms. The third-order valence-electron chi connectivity index (χ3n) is 2.47. The van der Waals surface area contributed by atoms with Gasteiger partial charge in [0.2, 0.25) is 0 Å². The highest BCUT2D eigenvalue weighted by Gasteiger charge is 2.16. The first-order valence-electron chi connectivity index (χ1n) is 5.41. The van der Waals surface area contributed by atoms with E-state index in [0.717, 1.165) is 29.7 Å². The highest BCUT2D eigenvalue weighted by atomic mass is 79.9. The molecule has 1 N–H and O–H groups in total. The zero-order chi connectivity index (χ0) is 12.0. The minimum atomic E-state index is 0.247. The van der Waals surface area contributed by atoms with Crippen LogP contribution in [0.25, 0.3) is 0 Å². The highest BCUT2D eigenvalue weighted by molar-refractivity contribution is 9.10. The minimum absolute atomic E-state index is 0.247. The third kappa shape index (κ3) is 5.28. The molecule has 0 saturated heterocycles. The fourth-order valence-electron chi connectivity index (χ4n) is 1.38. The van der Waals surface area contributed by atoms with Crippen molar-refractivity contribution < 1.29 is 0 Å². The summed E-state index contributed by atoms with van der Waals surface area (Å²) in [6.45, 7) is 6.20. The van der Waals surface area contributed by atoms with Crippen LogP contribution in [0.1, 0.15) is 26.0 Å². The van der Waals surface area contributed by atoms with Gasteiger partial charge in [-0.05, 0) is 39.9 Å². The molecule has 90 valence electrons. The average Bonchev–Trinajstić information content (AvgIpc) is 2.20. The molecule has 0 aliphatic rings. The van der Waals surface area contributed by atoms with Crippen LogP contribution in [0.4, 0.5) is 0 Å². The van der Waals surface area contributed by atoms with Gasteiger partial charge in [0.05, 0.1) is 5.69 Å². The number of hydrogen-bond acceptors (Lipinski definition) is 2. The van der Waals surface area contributed by atoms with Gasteiger partial charge in [-0.3, -0.25) is 4.98 Å². The predicted octanol–water partition coefficient (Wildman–Crippen LogP) is 3.59. The predicted molar refractivity (Wildman–Crippen MR) is 72.8 cm³/mol. The van der Waals surface area contributed by atoms with Gasteiger partial charge in [-0.2, -0.15) is 0 Å². The van der Waals surface area contributed by atoms with Gasteiger partial charge in [0, 0.05) is 29.6 Å². The molecule has 0 aliphatic carbocycles. The molecule has 0 unspecified atom stereocenters. The number of nitrogens with zero attached hydrogens (tertiary/aromatic N) is 1. The lowest BCUT2D eigenvalue weighted by Crippen LogP contribution is -2.29. The summed E-state index contributed by atoms with van der Waals surface area (Å²) in [6.07, 6.45) is 2.84. The summed E-state index contributed by atoms with van der Waals surface area (Å²) in [7, 11) is 0. The van der Waals surface area contributed by atoms with Gasteiger partial charge in [0.25, 0.3) is 0 Å². The summed E-state index contributed by atoms with van der Waals surface area (Å²) in [6, 6.07) is 4.03. The lowest BCUT2D eigenvalue weighted by molar-refractivity contribution is 0.329. The van der Waals surface area contributed by atoms with Crippen LogP contribution in [0.15, 0.2) is 22.8 Å². The summed E-state index contributed by atoms with van der Waals surface area (Å²) in [5.41, 5.74) is 1.31. The van der Waals surface area contributed by atoms with Crippen LogP contribution in [-0.4, -0.2) is 17.4 Å². The molecule has 0 amide bonds. The Labute approximate surface area is 111 Å². The molecule has 1 aromatic heterocycles. The van der Waals surface area contributed by atoms with Crippen molar-refractivity contribution in [1.29, 1.82) is 0 Å². The van der Waals surface area contributed by atoms with E-state index < -0.39 is 0 Å². The molecule has 1 rings (SSSR count). The van der Waals surface area contributed by atoms with Gasteiger partial charge in [-0.1, -0.05) is 13.8 Å². The molecule has 1 aromatic rings. The molecule has 0 aromatic carbocycles. The number of halogens is 2. The maximum absolute atomic E-state index is 5.75. The minimum Gasteiger partial charge on any atom is -0.311 e. The smallest absolute Gasteiger partial charge is 0.0542 e. The first-order valence-corrected chi connectivity index (χ1v) is 6.73. The van der Waals surface area contributed by atoms with E-state index in [4.69, 9.17) is 11.6 Å². The fourth-order valence-corrected chi connectivity index (χ4v) is 2.13. The van der Waals surface area contributed by atoms with E-state index in [2.05, 4.69) is 40.1 Å². The number of alkyl halides is 1. The lowest BCUT2D eigenvalue weighted by atomic mass is 9.90. The Morgan fingerprint density at radius 2 is 2.19 bits per heavy atom. The zero-order valence-electron chi connectivity index (χ0n) is 9.76. The van der Waals surface area contributed by atoms with Crippen molar-refractivity contribution in [2.75, 3.05) is 12.4 Å². The van der Waals surface area contributed by atoms with Crippen molar-refractivity contribution in [2.24, 2.45) is 5.41 Å². The standard InChI is InChI=1S/C12H18BrClN2/c1-12(2,5-6-14)9-15-8-11-4-3-10(13)7-16-11/h3-4,7,15H,5-6,8-9H2,1-2H3. The van der Waals surface area contributed by atoms with Crippen LogP contribution >= 0.6 is 27.5 Å². The molecular formula is C12H18BrClN2. The summed E-state index contributed by atoms with van der Waals surface area (Å²) < 4.78 is 1.01. The molecular weight excluding hydrogens is 288 g/mol. The van der Waals surface area contributed by atoms with Crippen LogP contribution < -0.4 is 5.32 Å². The normalized spacial score (nSPS) is 11.8. The van der Waals surface area contributed by atoms with Gasteiger partial charge >= 0.3 is 0 Å². The van der Waals surface area contributed by atoms with Crippen LogP contribution in [0.5, 0.6) is 0 Å². The second-order valence-corrected chi connectivity index (χ2v) is 5.97. The lowest BCUT2D eigenvalue weighted by Gasteiger charge is -2.23. The molecule has 4 heteroatoms. The second kappa shape index (κ2) is 6.58. The molecule has 0 radical (unpaired) electrons. The number of rotatable bonds is 6. The van der Waals surface area contributed by atoms with Crippen LogP contribution in [-0.2, 0) is 6.54 Å². The second-order valence-electron chi connectivity index (χ2n) is 4.67. The van der Waals surface area contributed by atoms with Gasteiger partial charge in [0.15, 0.2) is 0 Å². The summed E-state index contributed by atoms with van der Waals surface area (Å²) in [5, 5.41) is 3.41. The summed E-state index contributed by atoms with van der Waals surface area (Å²) in [5.74, 6) is 0.714. The first-order chi connectivity index (χ1) is 7.53. The Kier molecular flexibility index (Phi) is 5.73. The van der Waals surface area contributed by atoms with Crippen molar-refractivity contribution in [3.8, 4) is 0 Å². The summed E-state index contributed by atoms with van der Waals surface area (Å²) >= 11 is 9.12. The Bertz CT molecular complexity index is 311. The largest absolute Gasteiger partial charge is 0.311 e. The molecule has 1 heterocycles. The Morgan fingerprint density at radius 1 is 1.44 bits per heavy atom. The molecule has 0 atom stereocenters. The number of hydrogen-bond donors (Lipinski definition) is 1. The average molecular weight is 306 g/mol. The van der Waals surface area contributed by atoms with Crippen molar-refractivity contribution in [2.45, 2.75) is 26.8 Å². The van der Waals surface area contributed by atoms with Crippen LogP contribution in [0.3, 0.4) is 0 Å². The molecule has 16 heavy (non-hydrogen) atoms. The van der Waals surface area contributed by atoms with Crippen LogP contribution in [0, 0.1) is 5.41 Å². The van der Waals surface area contributed by atoms with Gasteiger partial charge in [0.1, 0.15) is 0 Å².